The van der Waals surface area contributed by atoms with E-state index in [9.17, 15) is 4.79 Å². The van der Waals surface area contributed by atoms with Gasteiger partial charge in [0.25, 0.3) is 0 Å². The summed E-state index contributed by atoms with van der Waals surface area (Å²) in [5.74, 6) is 0.337. The minimum absolute atomic E-state index is 0.0574. The third-order valence-corrected chi connectivity index (χ3v) is 9.60. The number of benzene rings is 3. The van der Waals surface area contributed by atoms with Gasteiger partial charge in [0.15, 0.2) is 0 Å². The lowest BCUT2D eigenvalue weighted by atomic mass is 9.97. The van der Waals surface area contributed by atoms with E-state index in [1.165, 1.54) is 10.8 Å². The molecule has 0 spiro atoms. The smallest absolute Gasteiger partial charge is 0.224 e. The molecular weight excluding hydrogens is 408 g/mol. The molecule has 0 aliphatic rings. The van der Waals surface area contributed by atoms with Crippen LogP contribution in [0.3, 0.4) is 0 Å². The van der Waals surface area contributed by atoms with Gasteiger partial charge in [-0.2, -0.15) is 0 Å². The van der Waals surface area contributed by atoms with E-state index in [1.807, 2.05) is 36.4 Å². The summed E-state index contributed by atoms with van der Waals surface area (Å²) in [5.41, 5.74) is 2.91. The predicted molar refractivity (Wildman–Crippen MR) is 137 cm³/mol. The van der Waals surface area contributed by atoms with Gasteiger partial charge in [0.05, 0.1) is 19.3 Å². The van der Waals surface area contributed by atoms with Crippen LogP contribution in [-0.4, -0.2) is 19.0 Å². The number of anilines is 1. The van der Waals surface area contributed by atoms with E-state index in [-0.39, 0.29) is 11.8 Å². The van der Waals surface area contributed by atoms with Crippen LogP contribution in [0.1, 0.15) is 12.0 Å². The molecule has 32 heavy (non-hydrogen) atoms. The summed E-state index contributed by atoms with van der Waals surface area (Å²) in [4.78, 5) is 17.6. The number of hydrogen-bond donors (Lipinski definition) is 1. The summed E-state index contributed by atoms with van der Waals surface area (Å²) in [7, 11) is -1.69. The molecule has 0 aliphatic heterocycles. The summed E-state index contributed by atoms with van der Waals surface area (Å²) in [6.45, 7) is 4.82. The third-order valence-electron chi connectivity index (χ3n) is 6.10. The molecule has 0 saturated carbocycles. The molecule has 0 radical (unpaired) electrons. The quantitative estimate of drug-likeness (QED) is 0.341. The maximum absolute atomic E-state index is 13.2. The van der Waals surface area contributed by atoms with E-state index < -0.39 is 8.07 Å². The number of amides is 1. The van der Waals surface area contributed by atoms with Gasteiger partial charge in [0, 0.05) is 18.0 Å². The third kappa shape index (κ3) is 5.51. The van der Waals surface area contributed by atoms with Gasteiger partial charge in [-0.1, -0.05) is 97.1 Å². The van der Waals surface area contributed by atoms with Crippen LogP contribution in [0.25, 0.3) is 10.9 Å². The van der Waals surface area contributed by atoms with Crippen LogP contribution in [-0.2, 0) is 11.2 Å². The first-order valence-corrected chi connectivity index (χ1v) is 14.4. The minimum Gasteiger partial charge on any atom is -0.324 e. The van der Waals surface area contributed by atoms with Crippen molar-refractivity contribution in [1.82, 2.24) is 4.98 Å². The van der Waals surface area contributed by atoms with Crippen molar-refractivity contribution in [3.63, 3.8) is 0 Å². The van der Waals surface area contributed by atoms with Gasteiger partial charge in [-0.25, -0.2) is 0 Å². The molecule has 3 aromatic carbocycles. The maximum atomic E-state index is 13.2. The van der Waals surface area contributed by atoms with Crippen molar-refractivity contribution in [3.05, 3.63) is 103 Å². The highest BCUT2D eigenvalue weighted by Gasteiger charge is 2.29. The highest BCUT2D eigenvalue weighted by molar-refractivity contribution is 6.89. The van der Waals surface area contributed by atoms with Gasteiger partial charge in [-0.3, -0.25) is 9.78 Å². The molecule has 0 saturated heterocycles. The monoisotopic (exact) mass is 438 g/mol. The van der Waals surface area contributed by atoms with E-state index in [0.29, 0.717) is 6.42 Å². The molecule has 1 atom stereocenters. The van der Waals surface area contributed by atoms with Crippen molar-refractivity contribution >= 4 is 35.8 Å². The first-order chi connectivity index (χ1) is 15.5. The molecule has 1 aromatic heterocycles. The van der Waals surface area contributed by atoms with Crippen LogP contribution < -0.4 is 10.5 Å². The van der Waals surface area contributed by atoms with Crippen molar-refractivity contribution in [2.45, 2.75) is 32.0 Å². The predicted octanol–water partition coefficient (Wildman–Crippen LogP) is 6.04. The standard InChI is InChI=1S/C28H30N2OSi/c1-32(2,25-15-7-4-8-16-25)21-23(19-22-11-5-3-6-12-22)20-27(31)30-26-17-9-13-24-14-10-18-29-28(24)26/h3-18,23H,19-21H2,1-2H3,(H,30,31). The lowest BCUT2D eigenvalue weighted by molar-refractivity contribution is -0.116. The summed E-state index contributed by atoms with van der Waals surface area (Å²) in [6.07, 6.45) is 3.18. The fraction of sp³-hybridized carbons (Fsp3) is 0.214. The molecule has 0 aliphatic carbocycles. The molecule has 1 amide bonds. The average molecular weight is 439 g/mol. The van der Waals surface area contributed by atoms with E-state index in [2.05, 4.69) is 78.0 Å². The molecule has 1 N–H and O–H groups in total. The molecule has 162 valence electrons. The SMILES string of the molecule is C[Si](C)(CC(CC(=O)Nc1cccc2cccnc12)Cc1ccccc1)c1ccccc1. The Balaban J connectivity index is 1.53. The molecular formula is C28H30N2OSi. The van der Waals surface area contributed by atoms with Gasteiger partial charge in [-0.05, 0) is 36.1 Å². The highest BCUT2D eigenvalue weighted by atomic mass is 28.3. The van der Waals surface area contributed by atoms with Crippen molar-refractivity contribution in [3.8, 4) is 0 Å². The van der Waals surface area contributed by atoms with Gasteiger partial charge < -0.3 is 5.32 Å². The second-order valence-corrected chi connectivity index (χ2v) is 13.9. The molecule has 3 nitrogen and oxygen atoms in total. The van der Waals surface area contributed by atoms with E-state index in [4.69, 9.17) is 0 Å². The summed E-state index contributed by atoms with van der Waals surface area (Å²) in [5, 5.41) is 5.61. The molecule has 1 heterocycles. The van der Waals surface area contributed by atoms with Crippen molar-refractivity contribution in [2.75, 3.05) is 5.32 Å². The Morgan fingerprint density at radius 2 is 1.56 bits per heavy atom. The Kier molecular flexibility index (Phi) is 6.81. The Hall–Kier alpha value is -3.24. The topological polar surface area (TPSA) is 42.0 Å². The van der Waals surface area contributed by atoms with Crippen LogP contribution in [0.15, 0.2) is 97.2 Å². The largest absolute Gasteiger partial charge is 0.324 e. The van der Waals surface area contributed by atoms with E-state index >= 15 is 0 Å². The molecule has 4 rings (SSSR count). The number of nitrogens with zero attached hydrogens (tertiary/aromatic N) is 1. The Morgan fingerprint density at radius 3 is 2.31 bits per heavy atom. The zero-order valence-electron chi connectivity index (χ0n) is 18.8. The number of rotatable bonds is 8. The molecule has 1 unspecified atom stereocenters. The lowest BCUT2D eigenvalue weighted by Crippen LogP contribution is -2.43. The van der Waals surface area contributed by atoms with E-state index in [0.717, 1.165) is 29.1 Å². The maximum Gasteiger partial charge on any atom is 0.224 e. The van der Waals surface area contributed by atoms with Crippen LogP contribution >= 0.6 is 0 Å². The second kappa shape index (κ2) is 9.92. The Morgan fingerprint density at radius 1 is 0.875 bits per heavy atom. The van der Waals surface area contributed by atoms with Crippen molar-refractivity contribution in [1.29, 1.82) is 0 Å². The number of carbonyl (C=O) groups excluding carboxylic acids is 1. The number of pyridine rings is 1. The van der Waals surface area contributed by atoms with E-state index in [1.54, 1.807) is 6.20 Å². The zero-order valence-corrected chi connectivity index (χ0v) is 19.8. The zero-order chi connectivity index (χ0) is 22.4. The summed E-state index contributed by atoms with van der Waals surface area (Å²) in [6, 6.07) is 32.2. The number of nitrogens with one attached hydrogen (secondary N) is 1. The summed E-state index contributed by atoms with van der Waals surface area (Å²) < 4.78 is 0. The average Bonchev–Trinajstić information content (AvgIpc) is 2.80. The van der Waals surface area contributed by atoms with Crippen LogP contribution in [0.5, 0.6) is 0 Å². The summed E-state index contributed by atoms with van der Waals surface area (Å²) >= 11 is 0. The van der Waals surface area contributed by atoms with Gasteiger partial charge in [0.1, 0.15) is 0 Å². The molecule has 0 fully saturated rings. The number of aromatic nitrogens is 1. The van der Waals surface area contributed by atoms with Crippen LogP contribution in [0.2, 0.25) is 19.1 Å². The first kappa shape index (κ1) is 22.0. The van der Waals surface area contributed by atoms with Gasteiger partial charge in [-0.15, -0.1) is 0 Å². The van der Waals surface area contributed by atoms with Gasteiger partial charge >= 0.3 is 0 Å². The van der Waals surface area contributed by atoms with Gasteiger partial charge in [0.2, 0.25) is 5.91 Å². The van der Waals surface area contributed by atoms with Crippen LogP contribution in [0.4, 0.5) is 5.69 Å². The number of carbonyl (C=O) groups is 1. The number of hydrogen-bond acceptors (Lipinski definition) is 2. The normalized spacial score (nSPS) is 12.4. The molecule has 0 bridgehead atoms. The minimum atomic E-state index is -1.69. The van der Waals surface area contributed by atoms with Crippen molar-refractivity contribution < 1.29 is 4.79 Å². The Labute approximate surface area is 191 Å². The van der Waals surface area contributed by atoms with Crippen LogP contribution in [0, 0.1) is 5.92 Å². The number of para-hydroxylation sites is 1. The fourth-order valence-corrected chi connectivity index (χ4v) is 7.62. The second-order valence-electron chi connectivity index (χ2n) is 9.14. The highest BCUT2D eigenvalue weighted by Crippen LogP contribution is 2.26. The Bertz CT molecular complexity index is 1170. The first-order valence-electron chi connectivity index (χ1n) is 11.2. The molecule has 4 heteroatoms. The lowest BCUT2D eigenvalue weighted by Gasteiger charge is -2.28. The number of fused-ring (bicyclic) bond motifs is 1. The van der Waals surface area contributed by atoms with Crippen molar-refractivity contribution in [2.24, 2.45) is 5.92 Å². The fourth-order valence-electron chi connectivity index (χ4n) is 4.56. The molecule has 4 aromatic rings.